The van der Waals surface area contributed by atoms with Crippen LogP contribution in [0.1, 0.15) is 37.6 Å². The van der Waals surface area contributed by atoms with Crippen molar-refractivity contribution in [1.82, 2.24) is 10.6 Å². The number of nitrogens with one attached hydrogen (secondary N) is 2. The maximum Gasteiger partial charge on any atom is 0.256 e. The number of benzene rings is 1. The minimum atomic E-state index is -0.254. The highest BCUT2D eigenvalue weighted by Crippen LogP contribution is 2.15. The monoisotopic (exact) mass is 250 g/mol. The molecule has 0 saturated heterocycles. The highest BCUT2D eigenvalue weighted by molar-refractivity contribution is 5.96. The average molecular weight is 250 g/mol. The Bertz CT molecular complexity index is 391. The van der Waals surface area contributed by atoms with Crippen molar-refractivity contribution in [2.75, 3.05) is 6.54 Å². The minimum absolute atomic E-state index is 0.00807. The number of amides is 1. The van der Waals surface area contributed by atoms with Gasteiger partial charge in [0.1, 0.15) is 5.75 Å². The summed E-state index contributed by atoms with van der Waals surface area (Å²) in [4.78, 5) is 12.0. The minimum Gasteiger partial charge on any atom is -0.507 e. The highest BCUT2D eigenvalue weighted by atomic mass is 16.3. The van der Waals surface area contributed by atoms with E-state index < -0.39 is 0 Å². The van der Waals surface area contributed by atoms with E-state index >= 15 is 0 Å². The molecule has 4 heteroatoms. The van der Waals surface area contributed by atoms with E-state index in [4.69, 9.17) is 0 Å². The molecule has 0 saturated carbocycles. The Morgan fingerprint density at radius 3 is 2.56 bits per heavy atom. The van der Waals surface area contributed by atoms with Gasteiger partial charge in [0, 0.05) is 0 Å². The zero-order valence-corrected chi connectivity index (χ0v) is 11.2. The molecule has 0 spiro atoms. The van der Waals surface area contributed by atoms with Crippen molar-refractivity contribution in [2.24, 2.45) is 5.92 Å². The summed E-state index contributed by atoms with van der Waals surface area (Å²) in [5.74, 6) is 0.283. The van der Waals surface area contributed by atoms with Crippen molar-refractivity contribution < 1.29 is 9.90 Å². The highest BCUT2D eigenvalue weighted by Gasteiger charge is 2.14. The van der Waals surface area contributed by atoms with Gasteiger partial charge < -0.3 is 10.4 Å². The molecular weight excluding hydrogens is 228 g/mol. The number of hydrogen-bond acceptors (Lipinski definition) is 3. The van der Waals surface area contributed by atoms with E-state index in [1.165, 1.54) is 6.07 Å². The van der Waals surface area contributed by atoms with Crippen LogP contribution in [0.5, 0.6) is 5.75 Å². The van der Waals surface area contributed by atoms with Gasteiger partial charge in [-0.1, -0.05) is 32.9 Å². The zero-order valence-electron chi connectivity index (χ0n) is 11.2. The van der Waals surface area contributed by atoms with E-state index in [1.807, 2.05) is 6.92 Å². The van der Waals surface area contributed by atoms with Gasteiger partial charge in [0.15, 0.2) is 0 Å². The van der Waals surface area contributed by atoms with Crippen LogP contribution in [0, 0.1) is 5.92 Å². The van der Waals surface area contributed by atoms with Crippen molar-refractivity contribution in [3.8, 4) is 5.75 Å². The largest absolute Gasteiger partial charge is 0.507 e. The molecule has 1 rings (SSSR count). The van der Waals surface area contributed by atoms with E-state index in [-0.39, 0.29) is 17.8 Å². The van der Waals surface area contributed by atoms with E-state index in [0.29, 0.717) is 11.5 Å². The maximum atomic E-state index is 12.0. The molecule has 4 nitrogen and oxygen atoms in total. The lowest BCUT2D eigenvalue weighted by molar-refractivity contribution is 0.0924. The fourth-order valence-electron chi connectivity index (χ4n) is 1.58. The van der Waals surface area contributed by atoms with E-state index in [9.17, 15) is 9.90 Å². The second-order valence-corrected chi connectivity index (χ2v) is 4.75. The molecule has 1 aromatic rings. The maximum absolute atomic E-state index is 12.0. The number of para-hydroxylation sites is 1. The third kappa shape index (κ3) is 4.37. The fraction of sp³-hybridized carbons (Fsp3) is 0.500. The number of carbonyl (C=O) groups excluding carboxylic acids is 1. The average Bonchev–Trinajstić information content (AvgIpc) is 2.34. The van der Waals surface area contributed by atoms with E-state index in [2.05, 4.69) is 24.5 Å². The molecule has 0 fully saturated rings. The van der Waals surface area contributed by atoms with Crippen molar-refractivity contribution in [3.05, 3.63) is 29.8 Å². The Labute approximate surface area is 108 Å². The first-order valence-corrected chi connectivity index (χ1v) is 6.36. The van der Waals surface area contributed by atoms with Gasteiger partial charge in [0.05, 0.1) is 11.7 Å². The predicted octanol–water partition coefficient (Wildman–Crippen LogP) is 2.10. The number of phenols is 1. The Morgan fingerprint density at radius 1 is 1.33 bits per heavy atom. The van der Waals surface area contributed by atoms with Gasteiger partial charge in [-0.3, -0.25) is 10.1 Å². The molecule has 0 aromatic heterocycles. The zero-order chi connectivity index (χ0) is 13.5. The summed E-state index contributed by atoms with van der Waals surface area (Å²) in [5, 5.41) is 15.7. The molecule has 1 unspecified atom stereocenters. The molecule has 1 aromatic carbocycles. The molecule has 0 aliphatic rings. The van der Waals surface area contributed by atoms with Crippen LogP contribution in [0.3, 0.4) is 0 Å². The van der Waals surface area contributed by atoms with Gasteiger partial charge in [-0.05, 0) is 31.0 Å². The molecule has 0 bridgehead atoms. The van der Waals surface area contributed by atoms with Crippen LogP contribution < -0.4 is 10.6 Å². The van der Waals surface area contributed by atoms with Gasteiger partial charge in [0.2, 0.25) is 0 Å². The van der Waals surface area contributed by atoms with Gasteiger partial charge in [0.25, 0.3) is 5.91 Å². The summed E-state index contributed by atoms with van der Waals surface area (Å²) < 4.78 is 0. The van der Waals surface area contributed by atoms with Crippen LogP contribution in [-0.2, 0) is 0 Å². The predicted molar refractivity (Wildman–Crippen MR) is 72.5 cm³/mol. The number of rotatable bonds is 6. The SMILES string of the molecule is CCC(NCC(C)C)NC(=O)c1ccccc1O. The second-order valence-electron chi connectivity index (χ2n) is 4.75. The summed E-state index contributed by atoms with van der Waals surface area (Å²) in [6.45, 7) is 7.08. The number of hydrogen-bond donors (Lipinski definition) is 3. The molecular formula is C14H22N2O2. The Hall–Kier alpha value is -1.55. The topological polar surface area (TPSA) is 61.4 Å². The number of aromatic hydroxyl groups is 1. The summed E-state index contributed by atoms with van der Waals surface area (Å²) in [6.07, 6.45) is 0.728. The first-order chi connectivity index (χ1) is 8.54. The van der Waals surface area contributed by atoms with Gasteiger partial charge in [-0.15, -0.1) is 0 Å². The van der Waals surface area contributed by atoms with Crippen molar-refractivity contribution in [2.45, 2.75) is 33.4 Å². The third-order valence-corrected chi connectivity index (χ3v) is 2.63. The van der Waals surface area contributed by atoms with Crippen LogP contribution in [0.25, 0.3) is 0 Å². The molecule has 0 heterocycles. The van der Waals surface area contributed by atoms with Crippen molar-refractivity contribution in [3.63, 3.8) is 0 Å². The van der Waals surface area contributed by atoms with Crippen LogP contribution in [-0.4, -0.2) is 23.7 Å². The fourth-order valence-corrected chi connectivity index (χ4v) is 1.58. The van der Waals surface area contributed by atoms with Crippen LogP contribution in [0.2, 0.25) is 0 Å². The number of phenolic OH excluding ortho intramolecular Hbond substituents is 1. The second kappa shape index (κ2) is 7.01. The lowest BCUT2D eigenvalue weighted by Crippen LogP contribution is -2.46. The standard InChI is InChI=1S/C14H22N2O2/c1-4-13(15-9-10(2)3)16-14(18)11-7-5-6-8-12(11)17/h5-8,10,13,15,17H,4,9H2,1-3H3,(H,16,18). The number of carbonyl (C=O) groups is 1. The summed E-state index contributed by atoms with van der Waals surface area (Å²) in [6, 6.07) is 6.55. The molecule has 1 amide bonds. The normalized spacial score (nSPS) is 12.4. The molecule has 1 atom stereocenters. The first kappa shape index (κ1) is 14.5. The lowest BCUT2D eigenvalue weighted by Gasteiger charge is -2.20. The van der Waals surface area contributed by atoms with Gasteiger partial charge in [-0.25, -0.2) is 0 Å². The van der Waals surface area contributed by atoms with Crippen LogP contribution >= 0.6 is 0 Å². The smallest absolute Gasteiger partial charge is 0.256 e. The van der Waals surface area contributed by atoms with Gasteiger partial charge >= 0.3 is 0 Å². The Balaban J connectivity index is 2.60. The molecule has 0 radical (unpaired) electrons. The summed E-state index contributed by atoms with van der Waals surface area (Å²) in [5.41, 5.74) is 0.308. The molecule has 0 aliphatic heterocycles. The third-order valence-electron chi connectivity index (χ3n) is 2.63. The molecule has 100 valence electrons. The molecule has 3 N–H and O–H groups in total. The van der Waals surface area contributed by atoms with Crippen molar-refractivity contribution in [1.29, 1.82) is 0 Å². The summed E-state index contributed by atoms with van der Waals surface area (Å²) in [7, 11) is 0. The van der Waals surface area contributed by atoms with E-state index in [0.717, 1.165) is 13.0 Å². The molecule has 18 heavy (non-hydrogen) atoms. The van der Waals surface area contributed by atoms with Crippen LogP contribution in [0.4, 0.5) is 0 Å². The summed E-state index contributed by atoms with van der Waals surface area (Å²) >= 11 is 0. The molecule has 0 aliphatic carbocycles. The Kier molecular flexibility index (Phi) is 5.65. The van der Waals surface area contributed by atoms with E-state index in [1.54, 1.807) is 18.2 Å². The lowest BCUT2D eigenvalue weighted by atomic mass is 10.1. The van der Waals surface area contributed by atoms with Crippen molar-refractivity contribution >= 4 is 5.91 Å². The van der Waals surface area contributed by atoms with Crippen LogP contribution in [0.15, 0.2) is 24.3 Å². The quantitative estimate of drug-likeness (QED) is 0.678. The Morgan fingerprint density at radius 2 is 2.00 bits per heavy atom. The first-order valence-electron chi connectivity index (χ1n) is 6.36. The van der Waals surface area contributed by atoms with Gasteiger partial charge in [-0.2, -0.15) is 0 Å².